The van der Waals surface area contributed by atoms with Crippen molar-refractivity contribution in [1.82, 2.24) is 34.8 Å². The zero-order valence-corrected chi connectivity index (χ0v) is 23.9. The lowest BCUT2D eigenvalue weighted by atomic mass is 10.0. The van der Waals surface area contributed by atoms with Crippen LogP contribution in [0.5, 0.6) is 0 Å². The van der Waals surface area contributed by atoms with Gasteiger partial charge in [-0.3, -0.25) is 19.0 Å². The van der Waals surface area contributed by atoms with E-state index in [0.717, 1.165) is 12.1 Å². The molecular weight excluding hydrogens is 575 g/mol. The van der Waals surface area contributed by atoms with Crippen molar-refractivity contribution >= 4 is 17.5 Å². The minimum atomic E-state index is -4.49. The van der Waals surface area contributed by atoms with Crippen molar-refractivity contribution in [3.05, 3.63) is 102 Å². The van der Waals surface area contributed by atoms with Crippen LogP contribution in [0.2, 0.25) is 0 Å². The van der Waals surface area contributed by atoms with Gasteiger partial charge in [-0.25, -0.2) is 9.67 Å². The van der Waals surface area contributed by atoms with E-state index >= 15 is 0 Å². The van der Waals surface area contributed by atoms with E-state index in [2.05, 4.69) is 25.7 Å². The van der Waals surface area contributed by atoms with E-state index in [1.807, 2.05) is 13.8 Å². The summed E-state index contributed by atoms with van der Waals surface area (Å²) in [4.78, 5) is 35.9. The molecule has 3 N–H and O–H groups in total. The van der Waals surface area contributed by atoms with E-state index in [1.54, 1.807) is 42.7 Å². The normalized spacial score (nSPS) is 12.4. The first-order valence-electron chi connectivity index (χ1n) is 13.9. The van der Waals surface area contributed by atoms with E-state index in [1.165, 1.54) is 33.6 Å². The number of aliphatic hydroxyl groups is 1. The molecule has 5 rings (SSSR count). The average molecular weight is 606 g/mol. The van der Waals surface area contributed by atoms with Gasteiger partial charge in [0.25, 0.3) is 11.8 Å². The molecular formula is C31H30F3N7O3. The number of amides is 2. The number of nitrogens with one attached hydrogen (secondary N) is 2. The maximum absolute atomic E-state index is 13.6. The third-order valence-corrected chi connectivity index (χ3v) is 6.86. The molecule has 0 aliphatic heterocycles. The number of alkyl halides is 3. The molecule has 0 aliphatic rings. The van der Waals surface area contributed by atoms with Crippen molar-refractivity contribution in [1.29, 1.82) is 0 Å². The van der Waals surface area contributed by atoms with E-state index in [-0.39, 0.29) is 47.4 Å². The molecule has 10 nitrogen and oxygen atoms in total. The van der Waals surface area contributed by atoms with Gasteiger partial charge in [-0.15, -0.1) is 0 Å². The number of imidazole rings is 1. The summed E-state index contributed by atoms with van der Waals surface area (Å²) in [5.41, 5.74) is 1.27. The molecule has 0 radical (unpaired) electrons. The summed E-state index contributed by atoms with van der Waals surface area (Å²) in [6, 6.07) is 12.7. The maximum Gasteiger partial charge on any atom is 0.416 e. The Bertz CT molecular complexity index is 1780. The highest BCUT2D eigenvalue weighted by molar-refractivity contribution is 6.04. The fourth-order valence-electron chi connectivity index (χ4n) is 4.84. The third-order valence-electron chi connectivity index (χ3n) is 6.86. The molecule has 2 amide bonds. The monoisotopic (exact) mass is 605 g/mol. The van der Waals surface area contributed by atoms with Gasteiger partial charge >= 0.3 is 6.18 Å². The molecule has 0 spiro atoms. The van der Waals surface area contributed by atoms with E-state index < -0.39 is 29.6 Å². The highest BCUT2D eigenvalue weighted by Crippen LogP contribution is 2.30. The number of benzene rings is 1. The number of aliphatic hydroxyl groups excluding tert-OH is 1. The lowest BCUT2D eigenvalue weighted by Crippen LogP contribution is -2.39. The second kappa shape index (κ2) is 12.7. The standard InChI is InChI=1S/C31H30F3N7O3/c1-19(2)13-22(18-42)38-30(44)27-26(25-10-3-4-11-35-25)39-28-24(9-6-12-40(27)28)29(43)36-15-20-16-37-41(17-20)23-8-5-7-21(14-23)31(32,33)34/h3-12,14,16-17,19,22,42H,13,15,18H2,1-2H3,(H,36,43)(H,38,44)/t22-/m0/s1. The summed E-state index contributed by atoms with van der Waals surface area (Å²) in [5, 5.41) is 19.7. The van der Waals surface area contributed by atoms with Crippen molar-refractivity contribution in [2.75, 3.05) is 6.61 Å². The molecule has 44 heavy (non-hydrogen) atoms. The zero-order chi connectivity index (χ0) is 31.4. The number of halogens is 3. The number of hydrogen-bond donors (Lipinski definition) is 3. The predicted molar refractivity (Wildman–Crippen MR) is 156 cm³/mol. The molecule has 0 fully saturated rings. The van der Waals surface area contributed by atoms with Crippen LogP contribution in [-0.2, 0) is 12.7 Å². The Morgan fingerprint density at radius 2 is 1.86 bits per heavy atom. The Morgan fingerprint density at radius 1 is 1.05 bits per heavy atom. The van der Waals surface area contributed by atoms with Crippen LogP contribution in [0.25, 0.3) is 22.7 Å². The summed E-state index contributed by atoms with van der Waals surface area (Å²) >= 11 is 0. The van der Waals surface area contributed by atoms with Crippen molar-refractivity contribution in [3.63, 3.8) is 0 Å². The lowest BCUT2D eigenvalue weighted by molar-refractivity contribution is -0.137. The summed E-state index contributed by atoms with van der Waals surface area (Å²) < 4.78 is 42.2. The van der Waals surface area contributed by atoms with Crippen LogP contribution >= 0.6 is 0 Å². The molecule has 1 aromatic carbocycles. The van der Waals surface area contributed by atoms with Gasteiger partial charge < -0.3 is 15.7 Å². The fourth-order valence-corrected chi connectivity index (χ4v) is 4.84. The Kier molecular flexibility index (Phi) is 8.76. The largest absolute Gasteiger partial charge is 0.416 e. The summed E-state index contributed by atoms with van der Waals surface area (Å²) in [6.07, 6.45) is 2.25. The average Bonchev–Trinajstić information content (AvgIpc) is 3.64. The zero-order valence-electron chi connectivity index (χ0n) is 23.9. The van der Waals surface area contributed by atoms with Crippen LogP contribution < -0.4 is 10.6 Å². The second-order valence-electron chi connectivity index (χ2n) is 10.6. The van der Waals surface area contributed by atoms with Gasteiger partial charge in [0, 0.05) is 30.7 Å². The van der Waals surface area contributed by atoms with Crippen molar-refractivity contribution in [2.24, 2.45) is 5.92 Å². The summed E-state index contributed by atoms with van der Waals surface area (Å²) in [5.74, 6) is -0.727. The minimum absolute atomic E-state index is 0.0351. The van der Waals surface area contributed by atoms with Crippen LogP contribution in [0.1, 0.15) is 52.2 Å². The Morgan fingerprint density at radius 3 is 2.57 bits per heavy atom. The van der Waals surface area contributed by atoms with E-state index in [4.69, 9.17) is 0 Å². The highest BCUT2D eigenvalue weighted by Gasteiger charge is 2.30. The number of carbonyl (C=O) groups is 2. The molecule has 4 aromatic heterocycles. The van der Waals surface area contributed by atoms with Crippen LogP contribution in [0, 0.1) is 5.92 Å². The predicted octanol–water partition coefficient (Wildman–Crippen LogP) is 4.67. The molecule has 0 saturated carbocycles. The molecule has 13 heteroatoms. The second-order valence-corrected chi connectivity index (χ2v) is 10.6. The van der Waals surface area contributed by atoms with Gasteiger partial charge in [-0.1, -0.05) is 26.0 Å². The van der Waals surface area contributed by atoms with Gasteiger partial charge in [0.05, 0.1) is 41.4 Å². The van der Waals surface area contributed by atoms with Crippen LogP contribution in [0.3, 0.4) is 0 Å². The summed E-state index contributed by atoms with van der Waals surface area (Å²) in [7, 11) is 0. The van der Waals surface area contributed by atoms with Crippen molar-refractivity contribution in [3.8, 4) is 17.1 Å². The molecule has 0 bridgehead atoms. The summed E-state index contributed by atoms with van der Waals surface area (Å²) in [6.45, 7) is 3.78. The van der Waals surface area contributed by atoms with Gasteiger partial charge in [-0.05, 0) is 54.8 Å². The topological polar surface area (TPSA) is 126 Å². The first-order chi connectivity index (χ1) is 21.0. The highest BCUT2D eigenvalue weighted by atomic mass is 19.4. The molecule has 228 valence electrons. The van der Waals surface area contributed by atoms with Crippen LogP contribution in [-0.4, -0.2) is 53.7 Å². The third kappa shape index (κ3) is 6.62. The number of aromatic nitrogens is 5. The molecule has 0 unspecified atom stereocenters. The Balaban J connectivity index is 1.42. The molecule has 0 aliphatic carbocycles. The first kappa shape index (κ1) is 30.4. The number of carbonyl (C=O) groups excluding carboxylic acids is 2. The van der Waals surface area contributed by atoms with Crippen molar-refractivity contribution < 1.29 is 27.9 Å². The van der Waals surface area contributed by atoms with Gasteiger partial charge in [0.15, 0.2) is 5.65 Å². The van der Waals surface area contributed by atoms with E-state index in [9.17, 15) is 27.9 Å². The molecule has 5 aromatic rings. The first-order valence-corrected chi connectivity index (χ1v) is 13.9. The fraction of sp³-hybridized carbons (Fsp3) is 0.258. The van der Waals surface area contributed by atoms with E-state index in [0.29, 0.717) is 17.7 Å². The lowest BCUT2D eigenvalue weighted by Gasteiger charge is -2.18. The van der Waals surface area contributed by atoms with Crippen molar-refractivity contribution in [2.45, 2.75) is 39.0 Å². The maximum atomic E-state index is 13.6. The number of pyridine rings is 2. The van der Waals surface area contributed by atoms with Crippen LogP contribution in [0.4, 0.5) is 13.2 Å². The minimum Gasteiger partial charge on any atom is -0.394 e. The number of nitrogens with zero attached hydrogens (tertiary/aromatic N) is 5. The quantitative estimate of drug-likeness (QED) is 0.213. The molecule has 0 saturated heterocycles. The van der Waals surface area contributed by atoms with Gasteiger partial charge in [0.2, 0.25) is 0 Å². The Labute approximate surface area is 250 Å². The van der Waals surface area contributed by atoms with Crippen LogP contribution in [0.15, 0.2) is 79.4 Å². The van der Waals surface area contributed by atoms with Gasteiger partial charge in [-0.2, -0.15) is 18.3 Å². The number of rotatable bonds is 10. The molecule has 1 atom stereocenters. The Hall–Kier alpha value is -5.04. The molecule has 4 heterocycles. The smallest absolute Gasteiger partial charge is 0.394 e. The SMILES string of the molecule is CC(C)C[C@@H](CO)NC(=O)c1c(-c2ccccn2)nc2c(C(=O)NCc3cnn(-c4cccc(C(F)(F)F)c4)c3)cccn12. The number of hydrogen-bond acceptors (Lipinski definition) is 6. The van der Waals surface area contributed by atoms with Gasteiger partial charge in [0.1, 0.15) is 11.4 Å². The number of fused-ring (bicyclic) bond motifs is 1.